The first-order chi connectivity index (χ1) is 8.89. The molecule has 1 heterocycles. The van der Waals surface area contributed by atoms with Gasteiger partial charge in [-0.05, 0) is 24.8 Å². The molecule has 0 unspecified atom stereocenters. The molecule has 0 radical (unpaired) electrons. The molecule has 0 spiro atoms. The average molecular weight is 265 g/mol. The third kappa shape index (κ3) is 4.43. The Bertz CT molecular complexity index is 444. The number of nitrogens with zero attached hydrogens (tertiary/aromatic N) is 1. The van der Waals surface area contributed by atoms with E-state index in [0.29, 0.717) is 23.7 Å². The van der Waals surface area contributed by atoms with Gasteiger partial charge in [-0.2, -0.15) is 0 Å². The maximum Gasteiger partial charge on any atom is 0.340 e. The summed E-state index contributed by atoms with van der Waals surface area (Å²) < 4.78 is 4.96. The van der Waals surface area contributed by atoms with Gasteiger partial charge in [0.2, 0.25) is 0 Å². The van der Waals surface area contributed by atoms with Crippen LogP contribution >= 0.6 is 0 Å². The van der Waals surface area contributed by atoms with Gasteiger partial charge in [-0.3, -0.25) is 0 Å². The topological polar surface area (TPSA) is 77.2 Å². The molecule has 0 aromatic carbocycles. The predicted molar refractivity (Wildman–Crippen MR) is 77.2 cm³/mol. The van der Waals surface area contributed by atoms with E-state index >= 15 is 0 Å². The molecule has 0 bridgehead atoms. The van der Waals surface area contributed by atoms with Crippen LogP contribution in [0.25, 0.3) is 0 Å². The first-order valence-corrected chi connectivity index (χ1v) is 6.56. The van der Waals surface area contributed by atoms with Gasteiger partial charge in [-0.25, -0.2) is 9.78 Å². The zero-order valence-corrected chi connectivity index (χ0v) is 12.1. The molecular formula is C14H23N3O2. The highest BCUT2D eigenvalue weighted by Crippen LogP contribution is 2.21. The van der Waals surface area contributed by atoms with Crippen LogP contribution in [-0.4, -0.2) is 24.1 Å². The van der Waals surface area contributed by atoms with Crippen molar-refractivity contribution in [1.29, 1.82) is 0 Å². The standard InChI is InChI=1S/C14H23N3O2/c1-5-14(3,4)9-17-12-7-10(11(15)8-16-12)13(18)19-6-2/h7-8H,5-6,9,15H2,1-4H3,(H,16,17). The highest BCUT2D eigenvalue weighted by atomic mass is 16.5. The maximum absolute atomic E-state index is 11.7. The Kier molecular flexibility index (Phi) is 5.15. The molecule has 19 heavy (non-hydrogen) atoms. The second-order valence-electron chi connectivity index (χ2n) is 5.25. The minimum Gasteiger partial charge on any atom is -0.462 e. The SMILES string of the molecule is CCOC(=O)c1cc(NCC(C)(C)CC)ncc1N. The molecule has 0 saturated heterocycles. The van der Waals surface area contributed by atoms with Crippen LogP contribution < -0.4 is 11.1 Å². The minimum atomic E-state index is -0.416. The lowest BCUT2D eigenvalue weighted by atomic mass is 9.90. The highest BCUT2D eigenvalue weighted by molar-refractivity contribution is 5.95. The number of pyridine rings is 1. The Morgan fingerprint density at radius 1 is 1.47 bits per heavy atom. The third-order valence-corrected chi connectivity index (χ3v) is 3.14. The fourth-order valence-electron chi connectivity index (χ4n) is 1.40. The summed E-state index contributed by atoms with van der Waals surface area (Å²) in [6.07, 6.45) is 2.53. The van der Waals surface area contributed by atoms with E-state index in [1.165, 1.54) is 6.20 Å². The Hall–Kier alpha value is -1.78. The maximum atomic E-state index is 11.7. The van der Waals surface area contributed by atoms with Gasteiger partial charge >= 0.3 is 5.97 Å². The lowest BCUT2D eigenvalue weighted by Crippen LogP contribution is -2.22. The number of nitrogens with two attached hydrogens (primary N) is 1. The van der Waals surface area contributed by atoms with Crippen molar-refractivity contribution in [2.45, 2.75) is 34.1 Å². The largest absolute Gasteiger partial charge is 0.462 e. The number of ether oxygens (including phenoxy) is 1. The van der Waals surface area contributed by atoms with Gasteiger partial charge in [0.15, 0.2) is 0 Å². The number of rotatable bonds is 6. The van der Waals surface area contributed by atoms with E-state index in [0.717, 1.165) is 13.0 Å². The summed E-state index contributed by atoms with van der Waals surface area (Å²) in [5, 5.41) is 3.23. The number of anilines is 2. The Balaban J connectivity index is 2.82. The Labute approximate surface area is 114 Å². The number of esters is 1. The first-order valence-electron chi connectivity index (χ1n) is 6.56. The van der Waals surface area contributed by atoms with Gasteiger partial charge < -0.3 is 15.8 Å². The summed E-state index contributed by atoms with van der Waals surface area (Å²) in [5.74, 6) is 0.221. The van der Waals surface area contributed by atoms with Crippen LogP contribution in [0.2, 0.25) is 0 Å². The van der Waals surface area contributed by atoms with Crippen molar-refractivity contribution in [2.24, 2.45) is 5.41 Å². The van der Waals surface area contributed by atoms with Gasteiger partial charge in [-0.1, -0.05) is 20.8 Å². The molecule has 3 N–H and O–H groups in total. The predicted octanol–water partition coefficient (Wildman–Crippen LogP) is 2.69. The zero-order valence-electron chi connectivity index (χ0n) is 12.1. The normalized spacial score (nSPS) is 11.2. The molecule has 0 amide bonds. The number of carbonyl (C=O) groups is 1. The van der Waals surface area contributed by atoms with Crippen LogP contribution in [0.15, 0.2) is 12.3 Å². The number of aromatic nitrogens is 1. The zero-order chi connectivity index (χ0) is 14.5. The monoisotopic (exact) mass is 265 g/mol. The van der Waals surface area contributed by atoms with Crippen molar-refractivity contribution in [3.05, 3.63) is 17.8 Å². The fraction of sp³-hybridized carbons (Fsp3) is 0.571. The number of hydrogen-bond donors (Lipinski definition) is 2. The van der Waals surface area contributed by atoms with E-state index < -0.39 is 5.97 Å². The van der Waals surface area contributed by atoms with Crippen LogP contribution in [0.5, 0.6) is 0 Å². The van der Waals surface area contributed by atoms with Crippen molar-refractivity contribution >= 4 is 17.5 Å². The summed E-state index contributed by atoms with van der Waals surface area (Å²) in [4.78, 5) is 15.9. The summed E-state index contributed by atoms with van der Waals surface area (Å²) in [5.41, 5.74) is 6.60. The fourth-order valence-corrected chi connectivity index (χ4v) is 1.40. The van der Waals surface area contributed by atoms with Crippen molar-refractivity contribution < 1.29 is 9.53 Å². The van der Waals surface area contributed by atoms with E-state index in [1.807, 2.05) is 0 Å². The van der Waals surface area contributed by atoms with Gasteiger partial charge in [0.25, 0.3) is 0 Å². The van der Waals surface area contributed by atoms with Crippen molar-refractivity contribution in [3.8, 4) is 0 Å². The van der Waals surface area contributed by atoms with E-state index in [-0.39, 0.29) is 5.41 Å². The van der Waals surface area contributed by atoms with Crippen molar-refractivity contribution in [1.82, 2.24) is 4.98 Å². The van der Waals surface area contributed by atoms with Gasteiger partial charge in [0.05, 0.1) is 24.1 Å². The van der Waals surface area contributed by atoms with Crippen molar-refractivity contribution in [2.75, 3.05) is 24.2 Å². The first kappa shape index (κ1) is 15.3. The molecule has 1 rings (SSSR count). The van der Waals surface area contributed by atoms with Crippen LogP contribution in [0, 0.1) is 5.41 Å². The second kappa shape index (κ2) is 6.41. The van der Waals surface area contributed by atoms with Crippen LogP contribution in [0.4, 0.5) is 11.5 Å². The number of nitrogen functional groups attached to an aromatic ring is 1. The molecule has 0 aliphatic carbocycles. The molecule has 1 aromatic heterocycles. The molecule has 0 aliphatic heterocycles. The van der Waals surface area contributed by atoms with Crippen LogP contribution in [0.1, 0.15) is 44.5 Å². The second-order valence-corrected chi connectivity index (χ2v) is 5.25. The van der Waals surface area contributed by atoms with Crippen LogP contribution in [0.3, 0.4) is 0 Å². The van der Waals surface area contributed by atoms with Gasteiger partial charge in [0.1, 0.15) is 5.82 Å². The molecule has 0 atom stereocenters. The Morgan fingerprint density at radius 3 is 2.74 bits per heavy atom. The minimum absolute atomic E-state index is 0.174. The number of nitrogens with one attached hydrogen (secondary N) is 1. The summed E-state index contributed by atoms with van der Waals surface area (Å²) in [6.45, 7) is 9.35. The van der Waals surface area contributed by atoms with Crippen LogP contribution in [-0.2, 0) is 4.74 Å². The van der Waals surface area contributed by atoms with E-state index in [4.69, 9.17) is 10.5 Å². The van der Waals surface area contributed by atoms with Gasteiger partial charge in [0, 0.05) is 6.54 Å². The summed E-state index contributed by atoms with van der Waals surface area (Å²) in [7, 11) is 0. The third-order valence-electron chi connectivity index (χ3n) is 3.14. The number of hydrogen-bond acceptors (Lipinski definition) is 5. The van der Waals surface area contributed by atoms with E-state index in [2.05, 4.69) is 31.1 Å². The molecule has 5 heteroatoms. The molecule has 0 fully saturated rings. The lowest BCUT2D eigenvalue weighted by Gasteiger charge is -2.23. The lowest BCUT2D eigenvalue weighted by molar-refractivity contribution is 0.0527. The van der Waals surface area contributed by atoms with Crippen molar-refractivity contribution in [3.63, 3.8) is 0 Å². The smallest absolute Gasteiger partial charge is 0.340 e. The summed E-state index contributed by atoms with van der Waals surface area (Å²) >= 11 is 0. The molecule has 106 valence electrons. The molecule has 0 saturated carbocycles. The van der Waals surface area contributed by atoms with Gasteiger partial charge in [-0.15, -0.1) is 0 Å². The molecule has 5 nitrogen and oxygen atoms in total. The number of carbonyl (C=O) groups excluding carboxylic acids is 1. The molecular weight excluding hydrogens is 242 g/mol. The highest BCUT2D eigenvalue weighted by Gasteiger charge is 2.16. The molecule has 1 aromatic rings. The average Bonchev–Trinajstić information content (AvgIpc) is 2.38. The van der Waals surface area contributed by atoms with E-state index in [9.17, 15) is 4.79 Å². The molecule has 0 aliphatic rings. The quantitative estimate of drug-likeness (QED) is 0.773. The summed E-state index contributed by atoms with van der Waals surface area (Å²) in [6, 6.07) is 1.64. The van der Waals surface area contributed by atoms with E-state index in [1.54, 1.807) is 13.0 Å². The Morgan fingerprint density at radius 2 is 2.16 bits per heavy atom.